The molecule has 0 spiro atoms. The molecule has 0 heterocycles. The minimum Gasteiger partial charge on any atom is -0.298 e. The second kappa shape index (κ2) is 4.51. The van der Waals surface area contributed by atoms with Gasteiger partial charge in [0.05, 0.1) is 13.1 Å². The van der Waals surface area contributed by atoms with Crippen LogP contribution in [-0.4, -0.2) is 36.0 Å². The Morgan fingerprint density at radius 3 is 2.27 bits per heavy atom. The smallest absolute Gasteiger partial charge is 0.298 e. The molecular formula is C10H16F3NO. The number of halogens is 3. The van der Waals surface area contributed by atoms with Crippen molar-refractivity contribution in [3.8, 4) is 0 Å². The topological polar surface area (TPSA) is 20.3 Å². The molecule has 0 amide bonds. The van der Waals surface area contributed by atoms with Crippen LogP contribution in [0.15, 0.2) is 0 Å². The van der Waals surface area contributed by atoms with Gasteiger partial charge >= 0.3 is 6.18 Å². The van der Waals surface area contributed by atoms with E-state index < -0.39 is 12.7 Å². The largest absolute Gasteiger partial charge is 0.401 e. The van der Waals surface area contributed by atoms with E-state index in [4.69, 9.17) is 0 Å². The maximum Gasteiger partial charge on any atom is 0.401 e. The van der Waals surface area contributed by atoms with Crippen LogP contribution in [-0.2, 0) is 4.79 Å². The number of alkyl halides is 3. The first-order valence-electron chi connectivity index (χ1n) is 5.13. The summed E-state index contributed by atoms with van der Waals surface area (Å²) in [5.41, 5.74) is 0. The second-order valence-electron chi connectivity index (χ2n) is 4.37. The Hall–Kier alpha value is -0.580. The zero-order valence-corrected chi connectivity index (χ0v) is 8.97. The lowest BCUT2D eigenvalue weighted by Gasteiger charge is -2.23. The summed E-state index contributed by atoms with van der Waals surface area (Å²) in [6, 6.07) is -0.0330. The third-order valence-electron chi connectivity index (χ3n) is 2.45. The van der Waals surface area contributed by atoms with Crippen molar-refractivity contribution in [3.05, 3.63) is 0 Å². The fourth-order valence-corrected chi connectivity index (χ4v) is 1.37. The molecule has 1 aliphatic carbocycles. The van der Waals surface area contributed by atoms with Crippen LogP contribution >= 0.6 is 0 Å². The molecule has 1 fully saturated rings. The van der Waals surface area contributed by atoms with Gasteiger partial charge in [-0.3, -0.25) is 9.69 Å². The molecule has 88 valence electrons. The summed E-state index contributed by atoms with van der Waals surface area (Å²) < 4.78 is 36.6. The summed E-state index contributed by atoms with van der Waals surface area (Å²) in [5.74, 6) is -0.314. The predicted molar refractivity (Wildman–Crippen MR) is 50.5 cm³/mol. The Morgan fingerprint density at radius 1 is 1.40 bits per heavy atom. The Kier molecular flexibility index (Phi) is 3.76. The number of carbonyl (C=O) groups excluding carboxylic acids is 1. The first kappa shape index (κ1) is 12.5. The molecule has 5 heteroatoms. The molecule has 0 unspecified atom stereocenters. The van der Waals surface area contributed by atoms with E-state index in [1.54, 1.807) is 13.8 Å². The quantitative estimate of drug-likeness (QED) is 0.712. The van der Waals surface area contributed by atoms with Crippen LogP contribution < -0.4 is 0 Å². The van der Waals surface area contributed by atoms with Crippen molar-refractivity contribution >= 4 is 5.78 Å². The molecular weight excluding hydrogens is 207 g/mol. The lowest BCUT2D eigenvalue weighted by atomic mass is 10.1. The number of Topliss-reactive ketones (excluding diaryl/α,β-unsaturated/α-hetero) is 1. The highest BCUT2D eigenvalue weighted by molar-refractivity contribution is 5.82. The summed E-state index contributed by atoms with van der Waals surface area (Å²) in [4.78, 5) is 12.6. The number of nitrogens with zero attached hydrogens (tertiary/aromatic N) is 1. The van der Waals surface area contributed by atoms with Crippen LogP contribution in [0.1, 0.15) is 26.7 Å². The van der Waals surface area contributed by atoms with Crippen LogP contribution in [0.3, 0.4) is 0 Å². The van der Waals surface area contributed by atoms with Gasteiger partial charge in [-0.05, 0) is 12.8 Å². The molecule has 0 aromatic carbocycles. The van der Waals surface area contributed by atoms with Crippen molar-refractivity contribution in [2.24, 2.45) is 5.92 Å². The normalized spacial score (nSPS) is 17.5. The standard InChI is InChI=1S/C10H16F3NO/c1-7(2)9(15)5-14(8-3-4-8)6-10(11,12)13/h7-8H,3-6H2,1-2H3. The third-order valence-corrected chi connectivity index (χ3v) is 2.45. The highest BCUT2D eigenvalue weighted by Gasteiger charge is 2.38. The Bertz CT molecular complexity index is 233. The number of ketones is 1. The molecule has 0 radical (unpaired) electrons. The van der Waals surface area contributed by atoms with Gasteiger partial charge in [0, 0.05) is 12.0 Å². The predicted octanol–water partition coefficient (Wildman–Crippen LogP) is 2.24. The zero-order valence-electron chi connectivity index (χ0n) is 8.97. The summed E-state index contributed by atoms with van der Waals surface area (Å²) in [5, 5.41) is 0. The number of rotatable bonds is 5. The molecule has 0 aromatic heterocycles. The molecule has 0 saturated heterocycles. The fraction of sp³-hybridized carbons (Fsp3) is 0.900. The Balaban J connectivity index is 2.48. The van der Waals surface area contributed by atoms with Gasteiger partial charge in [0.2, 0.25) is 0 Å². The van der Waals surface area contributed by atoms with E-state index in [-0.39, 0.29) is 24.3 Å². The van der Waals surface area contributed by atoms with Crippen LogP contribution in [0, 0.1) is 5.92 Å². The molecule has 0 N–H and O–H groups in total. The molecule has 1 rings (SSSR count). The van der Waals surface area contributed by atoms with Gasteiger partial charge in [0.1, 0.15) is 5.78 Å². The van der Waals surface area contributed by atoms with E-state index in [9.17, 15) is 18.0 Å². The van der Waals surface area contributed by atoms with Crippen LogP contribution in [0.4, 0.5) is 13.2 Å². The van der Waals surface area contributed by atoms with Gasteiger partial charge in [-0.1, -0.05) is 13.8 Å². The molecule has 1 aliphatic rings. The SMILES string of the molecule is CC(C)C(=O)CN(CC(F)(F)F)C1CC1. The van der Waals surface area contributed by atoms with E-state index in [1.165, 1.54) is 4.90 Å². The van der Waals surface area contributed by atoms with Gasteiger partial charge in [0.25, 0.3) is 0 Å². The van der Waals surface area contributed by atoms with Crippen LogP contribution in [0.5, 0.6) is 0 Å². The van der Waals surface area contributed by atoms with Gasteiger partial charge < -0.3 is 0 Å². The summed E-state index contributed by atoms with van der Waals surface area (Å²) in [6.45, 7) is 2.39. The maximum atomic E-state index is 12.2. The molecule has 0 bridgehead atoms. The number of hydrogen-bond acceptors (Lipinski definition) is 2. The van der Waals surface area contributed by atoms with Crippen LogP contribution in [0.2, 0.25) is 0 Å². The van der Waals surface area contributed by atoms with Crippen molar-refractivity contribution in [1.29, 1.82) is 0 Å². The highest BCUT2D eigenvalue weighted by Crippen LogP contribution is 2.30. The molecule has 1 saturated carbocycles. The first-order valence-corrected chi connectivity index (χ1v) is 5.13. The van der Waals surface area contributed by atoms with Crippen molar-refractivity contribution in [3.63, 3.8) is 0 Å². The lowest BCUT2D eigenvalue weighted by Crippen LogP contribution is -2.40. The monoisotopic (exact) mass is 223 g/mol. The maximum absolute atomic E-state index is 12.2. The summed E-state index contributed by atoms with van der Waals surface area (Å²) in [7, 11) is 0. The van der Waals surface area contributed by atoms with E-state index >= 15 is 0 Å². The van der Waals surface area contributed by atoms with Crippen molar-refractivity contribution in [1.82, 2.24) is 4.90 Å². The Labute approximate surface area is 87.4 Å². The minimum absolute atomic E-state index is 0.0330. The Morgan fingerprint density at radius 2 is 1.93 bits per heavy atom. The van der Waals surface area contributed by atoms with E-state index in [1.807, 2.05) is 0 Å². The molecule has 15 heavy (non-hydrogen) atoms. The second-order valence-corrected chi connectivity index (χ2v) is 4.37. The average Bonchev–Trinajstić information content (AvgIpc) is 2.81. The van der Waals surface area contributed by atoms with E-state index in [2.05, 4.69) is 0 Å². The molecule has 2 nitrogen and oxygen atoms in total. The van der Waals surface area contributed by atoms with E-state index in [0.29, 0.717) is 0 Å². The summed E-state index contributed by atoms with van der Waals surface area (Å²) >= 11 is 0. The molecule has 0 atom stereocenters. The summed E-state index contributed by atoms with van der Waals surface area (Å²) in [6.07, 6.45) is -2.65. The van der Waals surface area contributed by atoms with Crippen molar-refractivity contribution in [2.45, 2.75) is 38.9 Å². The highest BCUT2D eigenvalue weighted by atomic mass is 19.4. The van der Waals surface area contributed by atoms with E-state index in [0.717, 1.165) is 12.8 Å². The molecule has 0 aromatic rings. The van der Waals surface area contributed by atoms with Gasteiger partial charge in [-0.25, -0.2) is 0 Å². The van der Waals surface area contributed by atoms with Gasteiger partial charge in [0.15, 0.2) is 0 Å². The first-order chi connectivity index (χ1) is 6.79. The third kappa shape index (κ3) is 4.64. The lowest BCUT2D eigenvalue weighted by molar-refractivity contribution is -0.150. The number of carbonyl (C=O) groups is 1. The minimum atomic E-state index is -4.21. The van der Waals surface area contributed by atoms with Crippen molar-refractivity contribution < 1.29 is 18.0 Å². The van der Waals surface area contributed by atoms with Crippen LogP contribution in [0.25, 0.3) is 0 Å². The average molecular weight is 223 g/mol. The fourth-order valence-electron chi connectivity index (χ4n) is 1.37. The zero-order chi connectivity index (χ0) is 11.6. The number of hydrogen-bond donors (Lipinski definition) is 0. The molecule has 0 aliphatic heterocycles. The van der Waals surface area contributed by atoms with Crippen molar-refractivity contribution in [2.75, 3.05) is 13.1 Å². The van der Waals surface area contributed by atoms with Gasteiger partial charge in [-0.2, -0.15) is 13.2 Å². The van der Waals surface area contributed by atoms with Gasteiger partial charge in [-0.15, -0.1) is 0 Å².